The molecule has 0 aliphatic rings. The molecule has 0 amide bonds. The standard InChI is InChI=1S/C9H8F2O3/c1-6(12)13-7-2-4-8(5-3-7)14-9(10)11/h2-5,9H,1H3. The van der Waals surface area contributed by atoms with Gasteiger partial charge >= 0.3 is 12.6 Å². The Labute approximate surface area is 79.2 Å². The minimum absolute atomic E-state index is 0.0240. The van der Waals surface area contributed by atoms with Gasteiger partial charge in [0, 0.05) is 6.92 Å². The number of esters is 1. The van der Waals surface area contributed by atoms with Crippen molar-refractivity contribution in [3.63, 3.8) is 0 Å². The summed E-state index contributed by atoms with van der Waals surface area (Å²) >= 11 is 0. The van der Waals surface area contributed by atoms with E-state index in [0.717, 1.165) is 0 Å². The van der Waals surface area contributed by atoms with Crippen LogP contribution < -0.4 is 9.47 Å². The lowest BCUT2D eigenvalue weighted by atomic mass is 10.3. The summed E-state index contributed by atoms with van der Waals surface area (Å²) in [5.74, 6) is -0.150. The van der Waals surface area contributed by atoms with Crippen LogP contribution in [0.3, 0.4) is 0 Å². The minimum Gasteiger partial charge on any atom is -0.435 e. The summed E-state index contributed by atoms with van der Waals surface area (Å²) < 4.78 is 32.2. The van der Waals surface area contributed by atoms with E-state index in [1.165, 1.54) is 31.2 Å². The third-order valence-corrected chi connectivity index (χ3v) is 1.31. The fourth-order valence-corrected chi connectivity index (χ4v) is 0.855. The van der Waals surface area contributed by atoms with Crippen LogP contribution in [-0.2, 0) is 4.79 Å². The molecule has 0 aliphatic carbocycles. The molecule has 1 aromatic rings. The van der Waals surface area contributed by atoms with Crippen molar-refractivity contribution in [2.75, 3.05) is 0 Å². The van der Waals surface area contributed by atoms with Gasteiger partial charge in [-0.25, -0.2) is 0 Å². The van der Waals surface area contributed by atoms with Crippen LogP contribution in [-0.4, -0.2) is 12.6 Å². The van der Waals surface area contributed by atoms with Crippen molar-refractivity contribution in [2.24, 2.45) is 0 Å². The van der Waals surface area contributed by atoms with Crippen LogP contribution in [0.2, 0.25) is 0 Å². The van der Waals surface area contributed by atoms with Crippen molar-refractivity contribution in [1.82, 2.24) is 0 Å². The molecular formula is C9H8F2O3. The van der Waals surface area contributed by atoms with E-state index in [0.29, 0.717) is 5.75 Å². The number of hydrogen-bond acceptors (Lipinski definition) is 3. The number of carbonyl (C=O) groups excluding carboxylic acids is 1. The first-order valence-corrected chi connectivity index (χ1v) is 3.81. The minimum atomic E-state index is -2.85. The third kappa shape index (κ3) is 3.38. The summed E-state index contributed by atoms with van der Waals surface area (Å²) in [6.07, 6.45) is 0. The first-order valence-electron chi connectivity index (χ1n) is 3.81. The number of rotatable bonds is 3. The van der Waals surface area contributed by atoms with Crippen molar-refractivity contribution in [3.05, 3.63) is 24.3 Å². The Morgan fingerprint density at radius 2 is 1.71 bits per heavy atom. The SMILES string of the molecule is CC(=O)Oc1ccc(OC(F)F)cc1. The molecule has 0 heterocycles. The van der Waals surface area contributed by atoms with Gasteiger partial charge in [0.2, 0.25) is 0 Å². The summed E-state index contributed by atoms with van der Waals surface area (Å²) in [4.78, 5) is 10.5. The highest BCUT2D eigenvalue weighted by Crippen LogP contribution is 2.19. The van der Waals surface area contributed by atoms with Crippen LogP contribution in [0, 0.1) is 0 Å². The molecule has 0 bridgehead atoms. The average molecular weight is 202 g/mol. The van der Waals surface area contributed by atoms with Gasteiger partial charge < -0.3 is 9.47 Å². The van der Waals surface area contributed by atoms with Crippen molar-refractivity contribution in [3.8, 4) is 11.5 Å². The predicted molar refractivity (Wildman–Crippen MR) is 44.4 cm³/mol. The maximum absolute atomic E-state index is 11.7. The van der Waals surface area contributed by atoms with Gasteiger partial charge in [0.25, 0.3) is 0 Å². The van der Waals surface area contributed by atoms with Gasteiger partial charge in [0.05, 0.1) is 0 Å². The molecular weight excluding hydrogens is 194 g/mol. The number of alkyl halides is 2. The zero-order valence-corrected chi connectivity index (χ0v) is 7.37. The highest BCUT2D eigenvalue weighted by Gasteiger charge is 2.04. The molecule has 0 aromatic heterocycles. The number of hydrogen-bond donors (Lipinski definition) is 0. The second kappa shape index (κ2) is 4.55. The van der Waals surface area contributed by atoms with Crippen LogP contribution in [0.5, 0.6) is 11.5 Å². The van der Waals surface area contributed by atoms with Gasteiger partial charge in [-0.15, -0.1) is 0 Å². The van der Waals surface area contributed by atoms with Gasteiger partial charge in [0.1, 0.15) is 11.5 Å². The number of benzene rings is 1. The van der Waals surface area contributed by atoms with Crippen LogP contribution >= 0.6 is 0 Å². The topological polar surface area (TPSA) is 35.5 Å². The Balaban J connectivity index is 2.63. The van der Waals surface area contributed by atoms with E-state index in [2.05, 4.69) is 4.74 Å². The number of carbonyl (C=O) groups is 1. The van der Waals surface area contributed by atoms with Gasteiger partial charge in [-0.05, 0) is 24.3 Å². The lowest BCUT2D eigenvalue weighted by Crippen LogP contribution is -2.03. The van der Waals surface area contributed by atoms with E-state index in [9.17, 15) is 13.6 Å². The monoisotopic (exact) mass is 202 g/mol. The smallest absolute Gasteiger partial charge is 0.387 e. The van der Waals surface area contributed by atoms with Crippen LogP contribution in [0.25, 0.3) is 0 Å². The molecule has 5 heteroatoms. The summed E-state index contributed by atoms with van der Waals surface area (Å²) in [5.41, 5.74) is 0. The highest BCUT2D eigenvalue weighted by molar-refractivity contribution is 5.69. The summed E-state index contributed by atoms with van der Waals surface area (Å²) in [7, 11) is 0. The normalized spacial score (nSPS) is 10.0. The fraction of sp³-hybridized carbons (Fsp3) is 0.222. The maximum Gasteiger partial charge on any atom is 0.387 e. The maximum atomic E-state index is 11.7. The molecule has 0 unspecified atom stereocenters. The molecule has 0 saturated heterocycles. The largest absolute Gasteiger partial charge is 0.435 e. The predicted octanol–water partition coefficient (Wildman–Crippen LogP) is 2.21. The highest BCUT2D eigenvalue weighted by atomic mass is 19.3. The molecule has 0 N–H and O–H groups in total. The number of halogens is 2. The summed E-state index contributed by atoms with van der Waals surface area (Å²) in [6, 6.07) is 5.34. The van der Waals surface area contributed by atoms with Crippen LogP contribution in [0.4, 0.5) is 8.78 Å². The van der Waals surface area contributed by atoms with E-state index < -0.39 is 12.6 Å². The molecule has 0 atom stereocenters. The van der Waals surface area contributed by atoms with Gasteiger partial charge in [-0.1, -0.05) is 0 Å². The summed E-state index contributed by atoms with van der Waals surface area (Å²) in [5, 5.41) is 0. The molecule has 1 rings (SSSR count). The zero-order valence-electron chi connectivity index (χ0n) is 7.37. The van der Waals surface area contributed by atoms with E-state index in [4.69, 9.17) is 4.74 Å². The molecule has 0 saturated carbocycles. The second-order valence-electron chi connectivity index (χ2n) is 2.44. The Kier molecular flexibility index (Phi) is 3.39. The fourth-order valence-electron chi connectivity index (χ4n) is 0.855. The van der Waals surface area contributed by atoms with Crippen LogP contribution in [0.1, 0.15) is 6.92 Å². The number of ether oxygens (including phenoxy) is 2. The van der Waals surface area contributed by atoms with Gasteiger partial charge in [0.15, 0.2) is 0 Å². The Bertz CT molecular complexity index is 308. The van der Waals surface area contributed by atoms with E-state index in [-0.39, 0.29) is 5.75 Å². The Hall–Kier alpha value is -1.65. The van der Waals surface area contributed by atoms with Crippen molar-refractivity contribution >= 4 is 5.97 Å². The second-order valence-corrected chi connectivity index (χ2v) is 2.44. The first kappa shape index (κ1) is 10.4. The molecule has 0 spiro atoms. The Morgan fingerprint density at radius 1 is 1.21 bits per heavy atom. The van der Waals surface area contributed by atoms with E-state index in [1.54, 1.807) is 0 Å². The van der Waals surface area contributed by atoms with Crippen molar-refractivity contribution in [1.29, 1.82) is 0 Å². The molecule has 1 aromatic carbocycles. The molecule has 76 valence electrons. The lowest BCUT2D eigenvalue weighted by Gasteiger charge is -2.05. The third-order valence-electron chi connectivity index (χ3n) is 1.31. The van der Waals surface area contributed by atoms with E-state index >= 15 is 0 Å². The van der Waals surface area contributed by atoms with Gasteiger partial charge in [-0.2, -0.15) is 8.78 Å². The molecule has 14 heavy (non-hydrogen) atoms. The molecule has 0 fully saturated rings. The zero-order chi connectivity index (χ0) is 10.6. The molecule has 0 radical (unpaired) electrons. The summed E-state index contributed by atoms with van der Waals surface area (Å²) in [6.45, 7) is -1.60. The first-order chi connectivity index (χ1) is 6.58. The quantitative estimate of drug-likeness (QED) is 0.556. The van der Waals surface area contributed by atoms with E-state index in [1.807, 2.05) is 0 Å². The lowest BCUT2D eigenvalue weighted by molar-refractivity contribution is -0.131. The van der Waals surface area contributed by atoms with Crippen molar-refractivity contribution < 1.29 is 23.0 Å². The molecule has 3 nitrogen and oxygen atoms in total. The van der Waals surface area contributed by atoms with Gasteiger partial charge in [-0.3, -0.25) is 4.79 Å². The Morgan fingerprint density at radius 3 is 2.14 bits per heavy atom. The van der Waals surface area contributed by atoms with Crippen molar-refractivity contribution in [2.45, 2.75) is 13.5 Å². The molecule has 0 aliphatic heterocycles. The van der Waals surface area contributed by atoms with Crippen LogP contribution in [0.15, 0.2) is 24.3 Å². The average Bonchev–Trinajstić information content (AvgIpc) is 2.06.